The van der Waals surface area contributed by atoms with Gasteiger partial charge in [-0.25, -0.2) is 0 Å². The van der Waals surface area contributed by atoms with Gasteiger partial charge in [0.15, 0.2) is 0 Å². The number of halogens is 1. The Morgan fingerprint density at radius 1 is 1.75 bits per heavy atom. The van der Waals surface area contributed by atoms with Gasteiger partial charge in [0.1, 0.15) is 11.9 Å². The van der Waals surface area contributed by atoms with Gasteiger partial charge in [0, 0.05) is 6.20 Å². The Morgan fingerprint density at radius 3 is 2.94 bits per heavy atom. The fraction of sp³-hybridized carbons (Fsp3) is 0.300. The Hall–Kier alpha value is -1.61. The van der Waals surface area contributed by atoms with E-state index in [0.29, 0.717) is 16.6 Å². The quantitative estimate of drug-likeness (QED) is 0.524. The van der Waals surface area contributed by atoms with Crippen LogP contribution in [0.2, 0.25) is 0 Å². The number of aromatic nitrogens is 1. The number of anilines is 1. The SMILES string of the molecule is C#CC(CC)Nc1c(Br)cncc1[N+](=O)[O-]. The van der Waals surface area contributed by atoms with Crippen LogP contribution < -0.4 is 5.32 Å². The Morgan fingerprint density at radius 2 is 2.44 bits per heavy atom. The molecule has 0 aliphatic carbocycles. The average Bonchev–Trinajstić information content (AvgIpc) is 2.27. The fourth-order valence-electron chi connectivity index (χ4n) is 1.14. The van der Waals surface area contributed by atoms with Crippen LogP contribution in [0.1, 0.15) is 13.3 Å². The van der Waals surface area contributed by atoms with E-state index in [4.69, 9.17) is 6.42 Å². The summed E-state index contributed by atoms with van der Waals surface area (Å²) in [6.45, 7) is 1.90. The Bertz CT molecular complexity index is 442. The van der Waals surface area contributed by atoms with Gasteiger partial charge in [0.25, 0.3) is 0 Å². The number of hydrogen-bond acceptors (Lipinski definition) is 4. The minimum Gasteiger partial charge on any atom is -0.365 e. The molecule has 0 radical (unpaired) electrons. The Kier molecular flexibility index (Phi) is 4.26. The molecule has 0 amide bonds. The van der Waals surface area contributed by atoms with Crippen molar-refractivity contribution in [2.75, 3.05) is 5.32 Å². The molecule has 0 saturated heterocycles. The highest BCUT2D eigenvalue weighted by molar-refractivity contribution is 9.10. The first-order valence-electron chi connectivity index (χ1n) is 4.60. The van der Waals surface area contributed by atoms with Crippen LogP contribution in [0, 0.1) is 22.5 Å². The van der Waals surface area contributed by atoms with Crippen molar-refractivity contribution in [1.82, 2.24) is 4.98 Å². The van der Waals surface area contributed by atoms with E-state index in [0.717, 1.165) is 0 Å². The summed E-state index contributed by atoms with van der Waals surface area (Å²) in [4.78, 5) is 14.0. The third-order valence-electron chi connectivity index (χ3n) is 2.00. The zero-order valence-corrected chi connectivity index (χ0v) is 10.2. The third kappa shape index (κ3) is 2.70. The maximum Gasteiger partial charge on any atom is 0.311 e. The van der Waals surface area contributed by atoms with Crippen LogP contribution in [0.3, 0.4) is 0 Å². The van der Waals surface area contributed by atoms with Gasteiger partial charge < -0.3 is 5.32 Å². The van der Waals surface area contributed by atoms with E-state index < -0.39 is 4.92 Å². The zero-order valence-electron chi connectivity index (χ0n) is 8.61. The summed E-state index contributed by atoms with van der Waals surface area (Å²) in [7, 11) is 0. The van der Waals surface area contributed by atoms with Crippen molar-refractivity contribution in [3.63, 3.8) is 0 Å². The van der Waals surface area contributed by atoms with E-state index in [1.54, 1.807) is 0 Å². The van der Waals surface area contributed by atoms with E-state index in [9.17, 15) is 10.1 Å². The van der Waals surface area contributed by atoms with Crippen molar-refractivity contribution in [3.05, 3.63) is 27.0 Å². The lowest BCUT2D eigenvalue weighted by Gasteiger charge is -2.13. The number of terminal acetylenes is 1. The van der Waals surface area contributed by atoms with Crippen LogP contribution in [0.4, 0.5) is 11.4 Å². The maximum absolute atomic E-state index is 10.8. The molecule has 0 aliphatic heterocycles. The lowest BCUT2D eigenvalue weighted by Crippen LogP contribution is -2.17. The molecule has 0 saturated carbocycles. The van der Waals surface area contributed by atoms with E-state index >= 15 is 0 Å². The van der Waals surface area contributed by atoms with Gasteiger partial charge in [-0.3, -0.25) is 15.1 Å². The molecular weight excluding hydrogens is 274 g/mol. The van der Waals surface area contributed by atoms with E-state index in [1.807, 2.05) is 6.92 Å². The second-order valence-electron chi connectivity index (χ2n) is 3.04. The molecule has 1 rings (SSSR count). The predicted molar refractivity (Wildman–Crippen MR) is 65.1 cm³/mol. The minimum atomic E-state index is -0.497. The van der Waals surface area contributed by atoms with Crippen molar-refractivity contribution < 1.29 is 4.92 Å². The van der Waals surface area contributed by atoms with Crippen LogP contribution in [0.15, 0.2) is 16.9 Å². The first-order valence-corrected chi connectivity index (χ1v) is 5.40. The van der Waals surface area contributed by atoms with Gasteiger partial charge >= 0.3 is 5.69 Å². The molecule has 1 aromatic heterocycles. The molecule has 0 aromatic carbocycles. The lowest BCUT2D eigenvalue weighted by molar-refractivity contribution is -0.384. The van der Waals surface area contributed by atoms with Gasteiger partial charge in [-0.05, 0) is 22.4 Å². The molecule has 16 heavy (non-hydrogen) atoms. The highest BCUT2D eigenvalue weighted by Crippen LogP contribution is 2.31. The lowest BCUT2D eigenvalue weighted by atomic mass is 10.2. The largest absolute Gasteiger partial charge is 0.365 e. The fourth-order valence-corrected chi connectivity index (χ4v) is 1.58. The molecule has 0 aliphatic rings. The summed E-state index contributed by atoms with van der Waals surface area (Å²) in [5, 5.41) is 13.7. The normalized spacial score (nSPS) is 11.6. The summed E-state index contributed by atoms with van der Waals surface area (Å²) in [6.07, 6.45) is 8.65. The number of nitrogens with zero attached hydrogens (tertiary/aromatic N) is 2. The summed E-state index contributed by atoms with van der Waals surface area (Å²) in [5.74, 6) is 2.52. The topological polar surface area (TPSA) is 68.1 Å². The van der Waals surface area contributed by atoms with Gasteiger partial charge in [-0.15, -0.1) is 6.42 Å². The minimum absolute atomic E-state index is 0.0944. The van der Waals surface area contributed by atoms with Crippen molar-refractivity contribution in [2.24, 2.45) is 0 Å². The number of rotatable bonds is 4. The molecule has 1 unspecified atom stereocenters. The molecule has 84 valence electrons. The van der Waals surface area contributed by atoms with Gasteiger partial charge in [-0.2, -0.15) is 0 Å². The molecule has 5 nitrogen and oxygen atoms in total. The molecule has 6 heteroatoms. The van der Waals surface area contributed by atoms with Crippen LogP contribution in [-0.2, 0) is 0 Å². The van der Waals surface area contributed by atoms with Gasteiger partial charge in [0.05, 0.1) is 15.4 Å². The first kappa shape index (κ1) is 12.5. The summed E-state index contributed by atoms with van der Waals surface area (Å²) < 4.78 is 0.524. The first-order chi connectivity index (χ1) is 7.60. The number of nitro groups is 1. The van der Waals surface area contributed by atoms with E-state index in [2.05, 4.69) is 32.2 Å². The predicted octanol–water partition coefficient (Wildman–Crippen LogP) is 2.58. The second kappa shape index (κ2) is 5.47. The molecule has 0 fully saturated rings. The summed E-state index contributed by atoms with van der Waals surface area (Å²) >= 11 is 3.20. The number of pyridine rings is 1. The summed E-state index contributed by atoms with van der Waals surface area (Å²) in [6, 6.07) is -0.239. The van der Waals surface area contributed by atoms with E-state index in [-0.39, 0.29) is 11.7 Å². The van der Waals surface area contributed by atoms with Crippen LogP contribution >= 0.6 is 15.9 Å². The molecule has 1 atom stereocenters. The number of nitrogens with one attached hydrogen (secondary N) is 1. The van der Waals surface area contributed by atoms with Gasteiger partial charge in [0.2, 0.25) is 0 Å². The number of hydrogen-bond donors (Lipinski definition) is 1. The van der Waals surface area contributed by atoms with Crippen molar-refractivity contribution in [1.29, 1.82) is 0 Å². The van der Waals surface area contributed by atoms with Crippen LogP contribution in [0.25, 0.3) is 0 Å². The highest BCUT2D eigenvalue weighted by atomic mass is 79.9. The standard InChI is InChI=1S/C10H10BrN3O2/c1-3-7(4-2)13-10-8(11)5-12-6-9(10)14(15)16/h1,5-7H,4H2,2H3,(H,12,13). The van der Waals surface area contributed by atoms with Gasteiger partial charge in [-0.1, -0.05) is 12.8 Å². The molecule has 0 bridgehead atoms. The monoisotopic (exact) mass is 283 g/mol. The second-order valence-corrected chi connectivity index (χ2v) is 3.90. The highest BCUT2D eigenvalue weighted by Gasteiger charge is 2.18. The van der Waals surface area contributed by atoms with Crippen LogP contribution in [0.5, 0.6) is 0 Å². The maximum atomic E-state index is 10.8. The van der Waals surface area contributed by atoms with Crippen LogP contribution in [-0.4, -0.2) is 15.9 Å². The smallest absolute Gasteiger partial charge is 0.311 e. The Labute approximate surface area is 102 Å². The average molecular weight is 284 g/mol. The molecule has 1 heterocycles. The molecule has 0 spiro atoms. The molecule has 1 N–H and O–H groups in total. The molecular formula is C10H10BrN3O2. The van der Waals surface area contributed by atoms with E-state index in [1.165, 1.54) is 12.4 Å². The van der Waals surface area contributed by atoms with Crippen molar-refractivity contribution in [3.8, 4) is 12.3 Å². The van der Waals surface area contributed by atoms with Crippen molar-refractivity contribution >= 4 is 27.3 Å². The summed E-state index contributed by atoms with van der Waals surface area (Å²) in [5.41, 5.74) is 0.271. The third-order valence-corrected chi connectivity index (χ3v) is 2.61. The Balaban J connectivity index is 3.11. The zero-order chi connectivity index (χ0) is 12.1. The van der Waals surface area contributed by atoms with Crippen molar-refractivity contribution in [2.45, 2.75) is 19.4 Å². The molecule has 1 aromatic rings.